The van der Waals surface area contributed by atoms with Gasteiger partial charge in [-0.05, 0) is 24.1 Å². The highest BCUT2D eigenvalue weighted by atomic mass is 32.3. The van der Waals surface area contributed by atoms with Gasteiger partial charge in [0.25, 0.3) is 11.8 Å². The van der Waals surface area contributed by atoms with E-state index in [2.05, 4.69) is 5.32 Å². The van der Waals surface area contributed by atoms with Gasteiger partial charge in [-0.25, -0.2) is 0 Å². The molecule has 2 aromatic carbocycles. The molecular formula is C22H20N2O7S. The number of amides is 4. The molecule has 166 valence electrons. The van der Waals surface area contributed by atoms with Crippen LogP contribution in [-0.2, 0) is 36.4 Å². The van der Waals surface area contributed by atoms with E-state index in [0.29, 0.717) is 5.56 Å². The molecule has 1 fully saturated rings. The van der Waals surface area contributed by atoms with Crippen molar-refractivity contribution in [2.24, 2.45) is 0 Å². The van der Waals surface area contributed by atoms with Gasteiger partial charge in [0, 0.05) is 22.2 Å². The fraction of sp³-hybridized carbons (Fsp3) is 0.273. The zero-order valence-electron chi connectivity index (χ0n) is 17.2. The summed E-state index contributed by atoms with van der Waals surface area (Å²) in [5, 5.41) is 2.16. The molecule has 1 saturated heterocycles. The Morgan fingerprint density at radius 3 is 2.41 bits per heavy atom. The molecule has 0 spiro atoms. The number of ether oxygens (including phenoxy) is 1. The van der Waals surface area contributed by atoms with Gasteiger partial charge in [-0.3, -0.25) is 29.4 Å². The molecule has 0 aliphatic carbocycles. The van der Waals surface area contributed by atoms with Crippen molar-refractivity contribution in [3.05, 3.63) is 64.7 Å². The van der Waals surface area contributed by atoms with E-state index in [4.69, 9.17) is 4.74 Å². The van der Waals surface area contributed by atoms with Gasteiger partial charge in [-0.15, -0.1) is 4.21 Å². The van der Waals surface area contributed by atoms with Crippen LogP contribution in [0.15, 0.2) is 42.5 Å². The summed E-state index contributed by atoms with van der Waals surface area (Å²) >= 11 is 0. The zero-order chi connectivity index (χ0) is 23.0. The summed E-state index contributed by atoms with van der Waals surface area (Å²) in [6, 6.07) is 10.4. The molecule has 2 aromatic rings. The third kappa shape index (κ3) is 4.32. The van der Waals surface area contributed by atoms with Gasteiger partial charge in [0.2, 0.25) is 11.8 Å². The average molecular weight is 456 g/mol. The minimum Gasteiger partial charge on any atom is -0.615 e. The summed E-state index contributed by atoms with van der Waals surface area (Å²) < 4.78 is 28.6. The molecular weight excluding hydrogens is 436 g/mol. The molecule has 2 aliphatic rings. The van der Waals surface area contributed by atoms with Crippen LogP contribution in [0.2, 0.25) is 0 Å². The lowest BCUT2D eigenvalue weighted by atomic mass is 10.0. The van der Waals surface area contributed by atoms with Crippen LogP contribution in [0.3, 0.4) is 0 Å². The third-order valence-corrected chi connectivity index (χ3v) is 6.13. The fourth-order valence-electron chi connectivity index (χ4n) is 3.80. The highest BCUT2D eigenvalue weighted by molar-refractivity contribution is 7.96. The first-order chi connectivity index (χ1) is 15.1. The first-order valence-electron chi connectivity index (χ1n) is 9.87. The molecule has 2 heterocycles. The summed E-state index contributed by atoms with van der Waals surface area (Å²) in [5.41, 5.74) is 1.62. The Labute approximate surface area is 185 Å². The van der Waals surface area contributed by atoms with Crippen LogP contribution in [0, 0.1) is 0 Å². The quantitative estimate of drug-likeness (QED) is 0.513. The molecule has 32 heavy (non-hydrogen) atoms. The predicted molar refractivity (Wildman–Crippen MR) is 112 cm³/mol. The predicted octanol–water partition coefficient (Wildman–Crippen LogP) is 1.43. The Balaban J connectivity index is 1.51. The van der Waals surface area contributed by atoms with Crippen LogP contribution in [0.25, 0.3) is 0 Å². The van der Waals surface area contributed by atoms with Gasteiger partial charge in [0.15, 0.2) is 0 Å². The highest BCUT2D eigenvalue weighted by Crippen LogP contribution is 2.34. The van der Waals surface area contributed by atoms with Crippen LogP contribution in [-0.4, -0.2) is 45.4 Å². The van der Waals surface area contributed by atoms with Crippen molar-refractivity contribution in [1.82, 2.24) is 10.2 Å². The average Bonchev–Trinajstić information content (AvgIpc) is 2.98. The Kier molecular flexibility index (Phi) is 5.66. The van der Waals surface area contributed by atoms with Gasteiger partial charge < -0.3 is 9.29 Å². The Morgan fingerprint density at radius 2 is 1.75 bits per heavy atom. The van der Waals surface area contributed by atoms with E-state index in [1.54, 1.807) is 36.4 Å². The monoisotopic (exact) mass is 456 g/mol. The maximum absolute atomic E-state index is 13.0. The number of nitrogens with one attached hydrogen (secondary N) is 1. The van der Waals surface area contributed by atoms with Gasteiger partial charge in [-0.1, -0.05) is 30.3 Å². The number of benzene rings is 2. The van der Waals surface area contributed by atoms with Gasteiger partial charge in [-0.2, -0.15) is 0 Å². The minimum atomic E-state index is -3.14. The van der Waals surface area contributed by atoms with E-state index in [0.717, 1.165) is 16.7 Å². The topological polar surface area (TPSA) is 133 Å². The van der Waals surface area contributed by atoms with Gasteiger partial charge in [0.05, 0.1) is 17.4 Å². The molecule has 10 heteroatoms. The normalized spacial score (nSPS) is 20.1. The van der Waals surface area contributed by atoms with Crippen LogP contribution in [0.5, 0.6) is 5.75 Å². The number of imide groups is 2. The maximum Gasteiger partial charge on any atom is 0.266 e. The lowest BCUT2D eigenvalue weighted by molar-refractivity contribution is -0.136. The second-order valence-electron chi connectivity index (χ2n) is 7.80. The first kappa shape index (κ1) is 21.8. The second kappa shape index (κ2) is 8.29. The highest BCUT2D eigenvalue weighted by Gasteiger charge is 2.45. The van der Waals surface area contributed by atoms with E-state index in [1.165, 1.54) is 6.07 Å². The SMILES string of the molecule is C[S+](=O)([O-])Cc1ccc(COc2cccc3c2C(=O)N(C2CCC(=O)NC2=O)C3=O)cc1. The van der Waals surface area contributed by atoms with E-state index in [1.807, 2.05) is 0 Å². The van der Waals surface area contributed by atoms with Crippen molar-refractivity contribution in [1.29, 1.82) is 0 Å². The Morgan fingerprint density at radius 1 is 1.06 bits per heavy atom. The smallest absolute Gasteiger partial charge is 0.266 e. The summed E-state index contributed by atoms with van der Waals surface area (Å²) in [6.45, 7) is 0.0928. The molecule has 0 aromatic heterocycles. The standard InChI is InChI=1S/C22H20N2O7S/c1-32(29,30)12-14-7-5-13(6-8-14)11-31-17-4-2-3-15-19(17)22(28)24(21(15)27)16-9-10-18(25)23-20(16)26/h2-8,16H,9-12H2,1H3,(H-,23,25,26,29,30). The maximum atomic E-state index is 13.0. The van der Waals surface area contributed by atoms with Crippen LogP contribution >= 0.6 is 0 Å². The number of carbonyl (C=O) groups excluding carboxylic acids is 4. The molecule has 0 bridgehead atoms. The largest absolute Gasteiger partial charge is 0.615 e. The number of fused-ring (bicyclic) bond motifs is 1. The lowest BCUT2D eigenvalue weighted by Gasteiger charge is -2.27. The Bertz CT molecular complexity index is 1170. The number of sulfone groups is 1. The van der Waals surface area contributed by atoms with Crippen molar-refractivity contribution < 1.29 is 32.7 Å². The van der Waals surface area contributed by atoms with E-state index < -0.39 is 39.9 Å². The summed E-state index contributed by atoms with van der Waals surface area (Å²) in [5.74, 6) is -2.21. The molecule has 9 nitrogen and oxygen atoms in total. The molecule has 2 unspecified atom stereocenters. The summed E-state index contributed by atoms with van der Waals surface area (Å²) in [4.78, 5) is 50.4. The number of nitrogens with zero attached hydrogens (tertiary/aromatic N) is 1. The van der Waals surface area contributed by atoms with Crippen molar-refractivity contribution in [3.8, 4) is 5.75 Å². The van der Waals surface area contributed by atoms with Crippen LogP contribution < -0.4 is 10.1 Å². The van der Waals surface area contributed by atoms with Gasteiger partial charge in [0.1, 0.15) is 24.2 Å². The van der Waals surface area contributed by atoms with Crippen molar-refractivity contribution in [2.75, 3.05) is 6.26 Å². The zero-order valence-corrected chi connectivity index (χ0v) is 18.0. The van der Waals surface area contributed by atoms with E-state index >= 15 is 0 Å². The van der Waals surface area contributed by atoms with Crippen molar-refractivity contribution in [2.45, 2.75) is 31.2 Å². The molecule has 0 saturated carbocycles. The van der Waals surface area contributed by atoms with Crippen molar-refractivity contribution >= 4 is 33.8 Å². The third-order valence-electron chi connectivity index (χ3n) is 5.28. The molecule has 0 radical (unpaired) electrons. The summed E-state index contributed by atoms with van der Waals surface area (Å²) in [7, 11) is -3.14. The first-order valence-corrected chi connectivity index (χ1v) is 11.9. The van der Waals surface area contributed by atoms with Crippen LogP contribution in [0.1, 0.15) is 44.7 Å². The lowest BCUT2D eigenvalue weighted by Crippen LogP contribution is -2.54. The minimum absolute atomic E-state index is 0.0441. The number of rotatable bonds is 6. The molecule has 2 aliphatic heterocycles. The van der Waals surface area contributed by atoms with E-state index in [9.17, 15) is 27.9 Å². The number of carbonyl (C=O) groups is 4. The molecule has 2 atom stereocenters. The number of hydrogen-bond donors (Lipinski definition) is 1. The molecule has 4 amide bonds. The number of piperidine rings is 1. The van der Waals surface area contributed by atoms with E-state index in [-0.39, 0.29) is 42.1 Å². The molecule has 1 N–H and O–H groups in total. The van der Waals surface area contributed by atoms with Crippen LogP contribution in [0.4, 0.5) is 0 Å². The molecule has 4 rings (SSSR count). The summed E-state index contributed by atoms with van der Waals surface area (Å²) in [6.07, 6.45) is 1.28. The number of hydrogen-bond acceptors (Lipinski definition) is 7. The van der Waals surface area contributed by atoms with Gasteiger partial charge >= 0.3 is 0 Å². The Hall–Kier alpha value is -3.37. The second-order valence-corrected chi connectivity index (χ2v) is 9.94. The van der Waals surface area contributed by atoms with Crippen molar-refractivity contribution in [3.63, 3.8) is 0 Å². The fourth-order valence-corrected chi connectivity index (χ4v) is 4.60.